The van der Waals surface area contributed by atoms with Gasteiger partial charge in [0, 0.05) is 38.9 Å². The fourth-order valence-corrected chi connectivity index (χ4v) is 6.22. The van der Waals surface area contributed by atoms with Crippen LogP contribution in [-0.2, 0) is 19.6 Å². The lowest BCUT2D eigenvalue weighted by Gasteiger charge is -2.36. The molecule has 11 heteroatoms. The minimum Gasteiger partial charge on any atom is -0.463 e. The Morgan fingerprint density at radius 2 is 1.84 bits per heavy atom. The SMILES string of the molecule is CCOC(=O)C1=C(CN2CCCN(S(=O)(=O)c3ccc(C)cc3)CC2)N(C)C(=O)N[C@@H]1c1cccc(F)c1. The number of carbonyl (C=O) groups excluding carboxylic acids is 2. The zero-order valence-electron chi connectivity index (χ0n) is 21.8. The third-order valence-corrected chi connectivity index (χ3v) is 8.75. The first kappa shape index (κ1) is 27.7. The maximum Gasteiger partial charge on any atom is 0.338 e. The first-order chi connectivity index (χ1) is 18.1. The fourth-order valence-electron chi connectivity index (χ4n) is 4.75. The number of amides is 2. The second-order valence-electron chi connectivity index (χ2n) is 9.42. The van der Waals surface area contributed by atoms with Crippen molar-refractivity contribution >= 4 is 22.0 Å². The van der Waals surface area contributed by atoms with Gasteiger partial charge in [-0.05, 0) is 56.6 Å². The van der Waals surface area contributed by atoms with Crippen molar-refractivity contribution < 1.29 is 27.1 Å². The highest BCUT2D eigenvalue weighted by atomic mass is 32.2. The molecule has 1 N–H and O–H groups in total. The smallest absolute Gasteiger partial charge is 0.338 e. The lowest BCUT2D eigenvalue weighted by molar-refractivity contribution is -0.139. The summed E-state index contributed by atoms with van der Waals surface area (Å²) in [5.74, 6) is -1.08. The second-order valence-corrected chi connectivity index (χ2v) is 11.4. The summed E-state index contributed by atoms with van der Waals surface area (Å²) in [6, 6.07) is 11.2. The predicted octanol–water partition coefficient (Wildman–Crippen LogP) is 3.04. The summed E-state index contributed by atoms with van der Waals surface area (Å²) < 4.78 is 47.3. The number of nitrogens with one attached hydrogen (secondary N) is 1. The van der Waals surface area contributed by atoms with Gasteiger partial charge in [-0.2, -0.15) is 4.31 Å². The molecule has 2 amide bonds. The number of hydrogen-bond donors (Lipinski definition) is 1. The van der Waals surface area contributed by atoms with Crippen LogP contribution in [0.1, 0.15) is 30.5 Å². The maximum atomic E-state index is 14.0. The van der Waals surface area contributed by atoms with Gasteiger partial charge in [0.2, 0.25) is 10.0 Å². The number of halogens is 1. The van der Waals surface area contributed by atoms with Crippen molar-refractivity contribution in [2.24, 2.45) is 0 Å². The molecule has 0 aliphatic carbocycles. The molecule has 0 aromatic heterocycles. The van der Waals surface area contributed by atoms with Gasteiger partial charge in [-0.3, -0.25) is 9.80 Å². The molecule has 4 rings (SSSR count). The lowest BCUT2D eigenvalue weighted by atomic mass is 9.94. The van der Waals surface area contributed by atoms with E-state index in [1.165, 1.54) is 27.4 Å². The highest BCUT2D eigenvalue weighted by molar-refractivity contribution is 7.89. The average Bonchev–Trinajstić information content (AvgIpc) is 3.13. The number of ether oxygens (including phenoxy) is 1. The van der Waals surface area contributed by atoms with Crippen molar-refractivity contribution in [1.29, 1.82) is 0 Å². The number of carbonyl (C=O) groups is 2. The van der Waals surface area contributed by atoms with E-state index < -0.39 is 33.9 Å². The van der Waals surface area contributed by atoms with Crippen molar-refractivity contribution in [3.8, 4) is 0 Å². The van der Waals surface area contributed by atoms with Crippen molar-refractivity contribution in [2.45, 2.75) is 31.2 Å². The minimum atomic E-state index is -3.65. The predicted molar refractivity (Wildman–Crippen MR) is 140 cm³/mol. The van der Waals surface area contributed by atoms with Gasteiger partial charge < -0.3 is 10.1 Å². The summed E-state index contributed by atoms with van der Waals surface area (Å²) in [6.45, 7) is 5.56. The molecule has 204 valence electrons. The van der Waals surface area contributed by atoms with Crippen LogP contribution in [-0.4, -0.2) is 80.9 Å². The normalized spacial score (nSPS) is 19.7. The molecule has 2 aromatic carbocycles. The lowest BCUT2D eigenvalue weighted by Crippen LogP contribution is -2.49. The quantitative estimate of drug-likeness (QED) is 0.538. The van der Waals surface area contributed by atoms with E-state index >= 15 is 0 Å². The number of likely N-dealkylation sites (N-methyl/N-ethyl adjacent to an activating group) is 1. The average molecular weight is 545 g/mol. The molecule has 2 aromatic rings. The zero-order chi connectivity index (χ0) is 27.4. The molecule has 2 aliphatic heterocycles. The molecule has 0 saturated carbocycles. The van der Waals surface area contributed by atoms with Gasteiger partial charge in [0.1, 0.15) is 5.82 Å². The van der Waals surface area contributed by atoms with Crippen molar-refractivity contribution in [3.05, 3.63) is 76.7 Å². The standard InChI is InChI=1S/C27H33FN4O5S/c1-4-37-26(33)24-23(30(3)27(34)29-25(24)20-7-5-8-21(28)17-20)18-31-13-6-14-32(16-15-31)38(35,36)22-11-9-19(2)10-12-22/h5,7-12,17,25H,4,6,13-16,18H2,1-3H3,(H,29,34)/t25-/m1/s1. The van der Waals surface area contributed by atoms with Crippen LogP contribution in [0, 0.1) is 12.7 Å². The number of benzene rings is 2. The molecule has 2 aliphatic rings. The zero-order valence-corrected chi connectivity index (χ0v) is 22.6. The van der Waals surface area contributed by atoms with Crippen LogP contribution < -0.4 is 5.32 Å². The molecule has 2 heterocycles. The van der Waals surface area contributed by atoms with Gasteiger partial charge in [-0.15, -0.1) is 0 Å². The van der Waals surface area contributed by atoms with Crippen molar-refractivity contribution in [1.82, 2.24) is 19.4 Å². The van der Waals surface area contributed by atoms with Crippen molar-refractivity contribution in [3.63, 3.8) is 0 Å². The van der Waals surface area contributed by atoms with Gasteiger partial charge in [0.15, 0.2) is 0 Å². The Labute approximate surface area is 222 Å². The first-order valence-electron chi connectivity index (χ1n) is 12.6. The van der Waals surface area contributed by atoms with E-state index in [1.54, 1.807) is 44.3 Å². The Morgan fingerprint density at radius 3 is 2.53 bits per heavy atom. The van der Waals surface area contributed by atoms with Crippen LogP contribution in [0.3, 0.4) is 0 Å². The Bertz CT molecular complexity index is 1330. The van der Waals surface area contributed by atoms with E-state index in [0.717, 1.165) is 5.56 Å². The molecule has 0 radical (unpaired) electrons. The number of esters is 1. The van der Waals surface area contributed by atoms with Crippen LogP contribution in [0.4, 0.5) is 9.18 Å². The summed E-state index contributed by atoms with van der Waals surface area (Å²) in [5, 5.41) is 2.78. The summed E-state index contributed by atoms with van der Waals surface area (Å²) in [5.41, 5.74) is 2.08. The molecule has 0 spiro atoms. The number of rotatable bonds is 7. The largest absolute Gasteiger partial charge is 0.463 e. The number of urea groups is 1. The molecule has 1 atom stereocenters. The third-order valence-electron chi connectivity index (χ3n) is 6.83. The van der Waals surface area contributed by atoms with Gasteiger partial charge >= 0.3 is 12.0 Å². The van der Waals surface area contributed by atoms with E-state index in [1.807, 2.05) is 11.8 Å². The summed E-state index contributed by atoms with van der Waals surface area (Å²) in [4.78, 5) is 29.7. The highest BCUT2D eigenvalue weighted by Crippen LogP contribution is 2.32. The van der Waals surface area contributed by atoms with Crippen molar-refractivity contribution in [2.75, 3.05) is 46.4 Å². The van der Waals surface area contributed by atoms with E-state index in [-0.39, 0.29) is 30.2 Å². The molecule has 38 heavy (non-hydrogen) atoms. The Morgan fingerprint density at radius 1 is 1.11 bits per heavy atom. The molecule has 0 bridgehead atoms. The van der Waals surface area contributed by atoms with E-state index in [4.69, 9.17) is 4.74 Å². The van der Waals surface area contributed by atoms with Crippen LogP contribution in [0.5, 0.6) is 0 Å². The topological polar surface area (TPSA) is 99.3 Å². The van der Waals surface area contributed by atoms with Gasteiger partial charge in [-0.1, -0.05) is 29.8 Å². The second kappa shape index (κ2) is 11.6. The van der Waals surface area contributed by atoms with E-state index in [0.29, 0.717) is 37.3 Å². The third kappa shape index (κ3) is 5.90. The summed E-state index contributed by atoms with van der Waals surface area (Å²) >= 11 is 0. The summed E-state index contributed by atoms with van der Waals surface area (Å²) in [7, 11) is -2.08. The molecular weight excluding hydrogens is 511 g/mol. The maximum absolute atomic E-state index is 14.0. The fraction of sp³-hybridized carbons (Fsp3) is 0.407. The first-order valence-corrected chi connectivity index (χ1v) is 14.0. The molecule has 9 nitrogen and oxygen atoms in total. The van der Waals surface area contributed by atoms with E-state index in [2.05, 4.69) is 5.32 Å². The van der Waals surface area contributed by atoms with Gasteiger partial charge in [0.05, 0.1) is 23.1 Å². The van der Waals surface area contributed by atoms with E-state index in [9.17, 15) is 22.4 Å². The van der Waals surface area contributed by atoms with Gasteiger partial charge in [0.25, 0.3) is 0 Å². The number of aryl methyl sites for hydroxylation is 1. The number of sulfonamides is 1. The molecule has 1 saturated heterocycles. The van der Waals surface area contributed by atoms with Crippen LogP contribution >= 0.6 is 0 Å². The monoisotopic (exact) mass is 544 g/mol. The molecule has 1 fully saturated rings. The summed E-state index contributed by atoms with van der Waals surface area (Å²) in [6.07, 6.45) is 0.580. The number of nitrogens with zero attached hydrogens (tertiary/aromatic N) is 3. The molecular formula is C27H33FN4O5S. The van der Waals surface area contributed by atoms with Gasteiger partial charge in [-0.25, -0.2) is 22.4 Å². The van der Waals surface area contributed by atoms with Crippen LogP contribution in [0.25, 0.3) is 0 Å². The van der Waals surface area contributed by atoms with Crippen LogP contribution in [0.15, 0.2) is 64.7 Å². The Kier molecular flexibility index (Phi) is 8.49. The Hall–Kier alpha value is -3.28. The Balaban J connectivity index is 1.61. The molecule has 0 unspecified atom stereocenters. The highest BCUT2D eigenvalue weighted by Gasteiger charge is 2.38. The number of hydrogen-bond acceptors (Lipinski definition) is 6. The minimum absolute atomic E-state index is 0.138. The van der Waals surface area contributed by atoms with Crippen LogP contribution in [0.2, 0.25) is 0 Å².